The Morgan fingerprint density at radius 1 is 0.839 bits per heavy atom. The van der Waals surface area contributed by atoms with E-state index in [1.807, 2.05) is 39.8 Å². The smallest absolute Gasteiger partial charge is 0.243 e. The van der Waals surface area contributed by atoms with Crippen molar-refractivity contribution in [3.8, 4) is 0 Å². The first-order valence-corrected chi connectivity index (χ1v) is 12.0. The zero-order valence-corrected chi connectivity index (χ0v) is 19.5. The summed E-state index contributed by atoms with van der Waals surface area (Å²) in [6, 6.07) is 10.9. The molecule has 0 aliphatic carbocycles. The molecule has 1 amide bonds. The van der Waals surface area contributed by atoms with Crippen LogP contribution in [-0.2, 0) is 14.8 Å². The number of nitrogens with zero attached hydrogens (tertiary/aromatic N) is 2. The lowest BCUT2D eigenvalue weighted by Crippen LogP contribution is -2.50. The maximum absolute atomic E-state index is 13.4. The van der Waals surface area contributed by atoms with E-state index in [-0.39, 0.29) is 37.6 Å². The minimum Gasteiger partial charge on any atom is -0.340 e. The minimum atomic E-state index is -3.64. The van der Waals surface area contributed by atoms with Gasteiger partial charge in [-0.25, -0.2) is 8.42 Å². The first kappa shape index (κ1) is 23.2. The molecule has 0 aromatic heterocycles. The van der Waals surface area contributed by atoms with Crippen LogP contribution in [-0.4, -0.2) is 55.5 Å². The van der Waals surface area contributed by atoms with Crippen LogP contribution in [0, 0.1) is 27.7 Å². The number of rotatable bonds is 6. The van der Waals surface area contributed by atoms with E-state index in [9.17, 15) is 18.0 Å². The Bertz CT molecular complexity index is 1060. The standard InChI is InChI=1S/C24H30N2O4S/c1-17-16-18(2)20(4)24(19(17)3)31(29,30)26-14-12-25(13-15-26)23(28)11-10-22(27)21-8-6-5-7-9-21/h5-9,16H,10-15H2,1-4H3. The number of amides is 1. The summed E-state index contributed by atoms with van der Waals surface area (Å²) < 4.78 is 28.2. The summed E-state index contributed by atoms with van der Waals surface area (Å²) >= 11 is 0. The number of sulfonamides is 1. The van der Waals surface area contributed by atoms with Gasteiger partial charge >= 0.3 is 0 Å². The van der Waals surface area contributed by atoms with Gasteiger partial charge in [0.1, 0.15) is 0 Å². The molecule has 1 heterocycles. The van der Waals surface area contributed by atoms with Gasteiger partial charge in [0.2, 0.25) is 15.9 Å². The van der Waals surface area contributed by atoms with Crippen molar-refractivity contribution < 1.29 is 18.0 Å². The predicted molar refractivity (Wildman–Crippen MR) is 121 cm³/mol. The highest BCUT2D eigenvalue weighted by molar-refractivity contribution is 7.89. The maximum Gasteiger partial charge on any atom is 0.243 e. The molecular formula is C24H30N2O4S. The van der Waals surface area contributed by atoms with Crippen LogP contribution in [0.5, 0.6) is 0 Å². The van der Waals surface area contributed by atoms with Gasteiger partial charge < -0.3 is 4.90 Å². The molecule has 0 atom stereocenters. The molecule has 31 heavy (non-hydrogen) atoms. The molecule has 2 aromatic rings. The van der Waals surface area contributed by atoms with E-state index in [0.29, 0.717) is 23.5 Å². The third-order valence-electron chi connectivity index (χ3n) is 6.15. The van der Waals surface area contributed by atoms with Crippen LogP contribution in [0.1, 0.15) is 45.5 Å². The number of hydrogen-bond donors (Lipinski definition) is 0. The predicted octanol–water partition coefficient (Wildman–Crippen LogP) is 3.42. The van der Waals surface area contributed by atoms with Crippen LogP contribution in [0.25, 0.3) is 0 Å². The van der Waals surface area contributed by atoms with Crippen LogP contribution in [0.2, 0.25) is 0 Å². The van der Waals surface area contributed by atoms with Crippen molar-refractivity contribution in [2.45, 2.75) is 45.4 Å². The molecule has 1 aliphatic rings. The van der Waals surface area contributed by atoms with Gasteiger partial charge in [0, 0.05) is 44.6 Å². The Balaban J connectivity index is 1.63. The Morgan fingerprint density at radius 3 is 1.94 bits per heavy atom. The summed E-state index contributed by atoms with van der Waals surface area (Å²) in [7, 11) is -3.64. The third kappa shape index (κ3) is 4.88. The zero-order valence-electron chi connectivity index (χ0n) is 18.6. The summed E-state index contributed by atoms with van der Waals surface area (Å²) in [5, 5.41) is 0. The third-order valence-corrected chi connectivity index (χ3v) is 8.32. The van der Waals surface area contributed by atoms with Gasteiger partial charge in [-0.2, -0.15) is 4.31 Å². The highest BCUT2D eigenvalue weighted by Crippen LogP contribution is 2.29. The van der Waals surface area contributed by atoms with Gasteiger partial charge in [0.25, 0.3) is 0 Å². The second-order valence-corrected chi connectivity index (χ2v) is 10.0. The molecule has 6 nitrogen and oxygen atoms in total. The van der Waals surface area contributed by atoms with Crippen molar-refractivity contribution in [1.82, 2.24) is 9.21 Å². The summed E-state index contributed by atoms with van der Waals surface area (Å²) in [5.41, 5.74) is 4.07. The maximum atomic E-state index is 13.4. The molecule has 1 aliphatic heterocycles. The Kier molecular flexibility index (Phi) is 6.96. The summed E-state index contributed by atoms with van der Waals surface area (Å²) in [5.74, 6) is -0.170. The Hall–Kier alpha value is -2.51. The van der Waals surface area contributed by atoms with Crippen molar-refractivity contribution >= 4 is 21.7 Å². The highest BCUT2D eigenvalue weighted by atomic mass is 32.2. The molecule has 166 valence electrons. The van der Waals surface area contributed by atoms with Gasteiger partial charge in [0.15, 0.2) is 5.78 Å². The second kappa shape index (κ2) is 9.32. The van der Waals surface area contributed by atoms with Crippen LogP contribution in [0.4, 0.5) is 0 Å². The van der Waals surface area contributed by atoms with Crippen LogP contribution < -0.4 is 0 Å². The number of benzene rings is 2. The van der Waals surface area contributed by atoms with E-state index in [1.54, 1.807) is 29.2 Å². The normalized spacial score (nSPS) is 15.2. The largest absolute Gasteiger partial charge is 0.340 e. The van der Waals surface area contributed by atoms with Crippen molar-refractivity contribution in [3.05, 3.63) is 64.2 Å². The first-order valence-electron chi connectivity index (χ1n) is 10.6. The fourth-order valence-electron chi connectivity index (χ4n) is 4.02. The van der Waals surface area contributed by atoms with Crippen LogP contribution >= 0.6 is 0 Å². The fourth-order valence-corrected chi connectivity index (χ4v) is 6.02. The number of carbonyl (C=O) groups excluding carboxylic acids is 2. The number of hydrogen-bond acceptors (Lipinski definition) is 4. The Labute approximate surface area is 184 Å². The summed E-state index contributed by atoms with van der Waals surface area (Å²) in [6.07, 6.45) is 0.290. The van der Waals surface area contributed by atoms with Gasteiger partial charge in [-0.15, -0.1) is 0 Å². The molecule has 2 aromatic carbocycles. The zero-order chi connectivity index (χ0) is 22.8. The Morgan fingerprint density at radius 2 is 1.39 bits per heavy atom. The molecule has 7 heteroatoms. The SMILES string of the molecule is Cc1cc(C)c(C)c(S(=O)(=O)N2CCN(C(=O)CCC(=O)c3ccccc3)CC2)c1C. The molecule has 0 radical (unpaired) electrons. The molecular weight excluding hydrogens is 412 g/mol. The lowest BCUT2D eigenvalue weighted by Gasteiger charge is -2.35. The topological polar surface area (TPSA) is 74.8 Å². The number of piperazine rings is 1. The second-order valence-electron chi connectivity index (χ2n) is 8.16. The monoisotopic (exact) mass is 442 g/mol. The van der Waals surface area contributed by atoms with E-state index >= 15 is 0 Å². The lowest BCUT2D eigenvalue weighted by atomic mass is 10.0. The molecule has 0 N–H and O–H groups in total. The van der Waals surface area contributed by atoms with Crippen molar-refractivity contribution in [1.29, 1.82) is 0 Å². The summed E-state index contributed by atoms with van der Waals surface area (Å²) in [6.45, 7) is 8.72. The molecule has 0 saturated carbocycles. The molecule has 1 fully saturated rings. The quantitative estimate of drug-likeness (QED) is 0.643. The van der Waals surface area contributed by atoms with E-state index in [1.165, 1.54) is 4.31 Å². The van der Waals surface area contributed by atoms with Gasteiger partial charge in [0.05, 0.1) is 4.90 Å². The molecule has 0 unspecified atom stereocenters. The van der Waals surface area contributed by atoms with Gasteiger partial charge in [-0.3, -0.25) is 9.59 Å². The average Bonchev–Trinajstić information content (AvgIpc) is 2.76. The highest BCUT2D eigenvalue weighted by Gasteiger charge is 2.32. The van der Waals surface area contributed by atoms with Gasteiger partial charge in [-0.05, 0) is 49.9 Å². The number of Topliss-reactive ketones (excluding diaryl/α,β-unsaturated/α-hetero) is 1. The van der Waals surface area contributed by atoms with E-state index in [4.69, 9.17) is 0 Å². The van der Waals surface area contributed by atoms with E-state index in [2.05, 4.69) is 0 Å². The number of ketones is 1. The fraction of sp³-hybridized carbons (Fsp3) is 0.417. The van der Waals surface area contributed by atoms with Crippen LogP contribution in [0.3, 0.4) is 0 Å². The van der Waals surface area contributed by atoms with Gasteiger partial charge in [-0.1, -0.05) is 36.4 Å². The minimum absolute atomic E-state index is 0.0593. The summed E-state index contributed by atoms with van der Waals surface area (Å²) in [4.78, 5) is 26.8. The average molecular weight is 443 g/mol. The molecule has 0 bridgehead atoms. The van der Waals surface area contributed by atoms with Crippen molar-refractivity contribution in [2.24, 2.45) is 0 Å². The van der Waals surface area contributed by atoms with Crippen LogP contribution in [0.15, 0.2) is 41.3 Å². The van der Waals surface area contributed by atoms with Crippen molar-refractivity contribution in [2.75, 3.05) is 26.2 Å². The first-order chi connectivity index (χ1) is 14.6. The molecule has 0 spiro atoms. The number of carbonyl (C=O) groups is 2. The molecule has 1 saturated heterocycles. The number of aryl methyl sites for hydroxylation is 2. The molecule has 3 rings (SSSR count). The van der Waals surface area contributed by atoms with Crippen molar-refractivity contribution in [3.63, 3.8) is 0 Å². The lowest BCUT2D eigenvalue weighted by molar-refractivity contribution is -0.132. The van der Waals surface area contributed by atoms with E-state index in [0.717, 1.165) is 22.3 Å². The van der Waals surface area contributed by atoms with E-state index < -0.39 is 10.0 Å².